The molecule has 5 amide bonds. The first-order valence-corrected chi connectivity index (χ1v) is 27.8. The number of anilines is 2. The van der Waals surface area contributed by atoms with Crippen LogP contribution >= 0.6 is 11.3 Å². The highest BCUT2D eigenvalue weighted by Crippen LogP contribution is 2.41. The van der Waals surface area contributed by atoms with Crippen molar-refractivity contribution in [2.24, 2.45) is 5.41 Å². The van der Waals surface area contributed by atoms with Crippen LogP contribution < -0.4 is 21.3 Å². The summed E-state index contributed by atoms with van der Waals surface area (Å²) in [6.45, 7) is 13.1. The van der Waals surface area contributed by atoms with Crippen molar-refractivity contribution in [3.05, 3.63) is 101 Å². The lowest BCUT2D eigenvalue weighted by molar-refractivity contribution is -0.144. The number of amides is 5. The fraction of sp³-hybridized carbons (Fsp3) is 0.482. The Balaban J connectivity index is 0.615. The molecular weight excluding hydrogens is 1030 g/mol. The zero-order chi connectivity index (χ0) is 55.6. The molecule has 1 aliphatic carbocycles. The van der Waals surface area contributed by atoms with E-state index in [1.807, 2.05) is 79.9 Å². The Morgan fingerprint density at radius 1 is 0.861 bits per heavy atom. The third kappa shape index (κ3) is 14.4. The highest BCUT2D eigenvalue weighted by Gasteiger charge is 2.42. The number of halogens is 1. The van der Waals surface area contributed by atoms with Crippen LogP contribution in [0.4, 0.5) is 15.9 Å². The van der Waals surface area contributed by atoms with E-state index < -0.39 is 29.2 Å². The van der Waals surface area contributed by atoms with Gasteiger partial charge in [-0.15, -0.1) is 11.3 Å². The number of aromatic amines is 1. The Kier molecular flexibility index (Phi) is 18.4. The Hall–Kier alpha value is -7.18. The average Bonchev–Trinajstić information content (AvgIpc) is 4.12. The summed E-state index contributed by atoms with van der Waals surface area (Å²) in [4.78, 5) is 86.9. The molecule has 0 unspecified atom stereocenters. The van der Waals surface area contributed by atoms with Gasteiger partial charge in [0.2, 0.25) is 23.6 Å². The third-order valence-electron chi connectivity index (χ3n) is 14.4. The van der Waals surface area contributed by atoms with Crippen molar-refractivity contribution >= 4 is 58.0 Å². The minimum atomic E-state index is -0.877. The van der Waals surface area contributed by atoms with Gasteiger partial charge >= 0.3 is 0 Å². The van der Waals surface area contributed by atoms with Crippen molar-refractivity contribution in [1.29, 1.82) is 0 Å². The molecule has 2 saturated heterocycles. The molecule has 21 nitrogen and oxygen atoms in total. The lowest BCUT2D eigenvalue weighted by atomic mass is 9.85. The Morgan fingerprint density at radius 3 is 2.29 bits per heavy atom. The number of nitrogens with one attached hydrogen (secondary N) is 5. The number of rotatable bonds is 24. The van der Waals surface area contributed by atoms with E-state index in [0.717, 1.165) is 51.5 Å². The SMILES string of the molecule is Cc1ncsc1-c1ccc([C@H](C)NC(=O)[C@@H]2CCCN2C(=O)[C@@H](NC(=O)COCCOCCOCCNC(=O)CN2CCN(C(=O)c3ccc(Nc4nc(C5CC5)cn5c(-c6cn[nH]c6)cnc45)c(F)c3)CC2)C(C)(C)C)cc1. The molecular formula is C56H70FN13O8S. The zero-order valence-corrected chi connectivity index (χ0v) is 46.2. The van der Waals surface area contributed by atoms with Crippen molar-refractivity contribution in [2.45, 2.75) is 84.3 Å². The smallest absolute Gasteiger partial charge is 0.254 e. The van der Waals surface area contributed by atoms with Crippen LogP contribution in [-0.2, 0) is 33.4 Å². The number of carbonyl (C=O) groups is 5. The molecule has 3 fully saturated rings. The van der Waals surface area contributed by atoms with Crippen molar-refractivity contribution in [1.82, 2.24) is 60.2 Å². The molecule has 0 spiro atoms. The zero-order valence-electron chi connectivity index (χ0n) is 45.4. The van der Waals surface area contributed by atoms with Crippen LogP contribution in [0, 0.1) is 18.2 Å². The minimum absolute atomic E-state index is 0.143. The molecule has 9 rings (SSSR count). The molecule has 6 aromatic rings. The monoisotopic (exact) mass is 1100 g/mol. The summed E-state index contributed by atoms with van der Waals surface area (Å²) in [5.74, 6) is -1.28. The summed E-state index contributed by atoms with van der Waals surface area (Å²) < 4.78 is 34.3. The second-order valence-electron chi connectivity index (χ2n) is 21.3. The number of nitrogens with zero attached hydrogens (tertiary/aromatic N) is 8. The molecule has 4 aromatic heterocycles. The number of piperazine rings is 1. The van der Waals surface area contributed by atoms with Gasteiger partial charge in [0.05, 0.1) is 91.2 Å². The Bertz CT molecular complexity index is 3080. The van der Waals surface area contributed by atoms with E-state index in [-0.39, 0.29) is 87.1 Å². The quantitative estimate of drug-likeness (QED) is 0.0462. The number of imidazole rings is 1. The van der Waals surface area contributed by atoms with Gasteiger partial charge in [0.25, 0.3) is 5.91 Å². The highest BCUT2D eigenvalue weighted by atomic mass is 32.1. The number of H-pyrrole nitrogens is 1. The molecule has 23 heteroatoms. The van der Waals surface area contributed by atoms with Crippen molar-refractivity contribution in [3.8, 4) is 21.7 Å². The Morgan fingerprint density at radius 2 is 1.61 bits per heavy atom. The number of aryl methyl sites for hydroxylation is 1. The fourth-order valence-electron chi connectivity index (χ4n) is 9.78. The molecule has 3 aliphatic rings. The second-order valence-corrected chi connectivity index (χ2v) is 22.2. The van der Waals surface area contributed by atoms with Gasteiger partial charge in [0.1, 0.15) is 24.5 Å². The summed E-state index contributed by atoms with van der Waals surface area (Å²) in [6.07, 6.45) is 10.5. The van der Waals surface area contributed by atoms with Crippen LogP contribution in [0.5, 0.6) is 0 Å². The first kappa shape index (κ1) is 56.5. The lowest BCUT2D eigenvalue weighted by Gasteiger charge is -2.35. The number of aromatic nitrogens is 6. The van der Waals surface area contributed by atoms with Gasteiger partial charge in [0.15, 0.2) is 11.5 Å². The van der Waals surface area contributed by atoms with Crippen LogP contribution in [0.1, 0.15) is 92.6 Å². The summed E-state index contributed by atoms with van der Waals surface area (Å²) in [5, 5.41) is 18.8. The molecule has 420 valence electrons. The molecule has 6 heterocycles. The van der Waals surface area contributed by atoms with E-state index in [0.29, 0.717) is 69.5 Å². The average molecular weight is 1100 g/mol. The second kappa shape index (κ2) is 25.7. The molecule has 5 N–H and O–H groups in total. The number of hydrogen-bond acceptors (Lipinski definition) is 15. The van der Waals surface area contributed by atoms with E-state index in [1.165, 1.54) is 6.07 Å². The molecule has 0 radical (unpaired) electrons. The van der Waals surface area contributed by atoms with E-state index >= 15 is 4.39 Å². The molecule has 0 bridgehead atoms. The summed E-state index contributed by atoms with van der Waals surface area (Å²) >= 11 is 1.59. The number of ether oxygens (including phenoxy) is 3. The van der Waals surface area contributed by atoms with Gasteiger partial charge in [-0.1, -0.05) is 45.0 Å². The van der Waals surface area contributed by atoms with E-state index in [2.05, 4.69) is 41.4 Å². The van der Waals surface area contributed by atoms with E-state index in [9.17, 15) is 24.0 Å². The molecule has 2 aliphatic heterocycles. The number of hydrogen-bond donors (Lipinski definition) is 5. The number of thiazole rings is 1. The number of fused-ring (bicyclic) bond motifs is 1. The highest BCUT2D eigenvalue weighted by molar-refractivity contribution is 7.13. The van der Waals surface area contributed by atoms with E-state index in [1.54, 1.807) is 51.9 Å². The maximum absolute atomic E-state index is 15.6. The summed E-state index contributed by atoms with van der Waals surface area (Å²) in [5.41, 5.74) is 7.71. The first-order chi connectivity index (χ1) is 38.1. The maximum atomic E-state index is 15.6. The normalized spacial score (nSPS) is 16.7. The van der Waals surface area contributed by atoms with Crippen molar-refractivity contribution in [2.75, 3.05) is 90.8 Å². The van der Waals surface area contributed by atoms with Gasteiger partial charge in [0, 0.05) is 68.7 Å². The maximum Gasteiger partial charge on any atom is 0.254 e. The van der Waals surface area contributed by atoms with Crippen LogP contribution in [0.2, 0.25) is 0 Å². The fourth-order valence-corrected chi connectivity index (χ4v) is 10.6. The number of benzene rings is 2. The Labute approximate surface area is 462 Å². The van der Waals surface area contributed by atoms with Gasteiger partial charge in [-0.2, -0.15) is 5.10 Å². The molecule has 1 saturated carbocycles. The van der Waals surface area contributed by atoms with Crippen molar-refractivity contribution < 1.29 is 42.6 Å². The van der Waals surface area contributed by atoms with Crippen LogP contribution in [0.15, 0.2) is 72.8 Å². The summed E-state index contributed by atoms with van der Waals surface area (Å²) in [6, 6.07) is 10.6. The minimum Gasteiger partial charge on any atom is -0.377 e. The van der Waals surface area contributed by atoms with Crippen molar-refractivity contribution in [3.63, 3.8) is 0 Å². The largest absolute Gasteiger partial charge is 0.377 e. The van der Waals surface area contributed by atoms with Gasteiger partial charge in [-0.3, -0.25) is 38.4 Å². The molecule has 2 aromatic carbocycles. The van der Waals surface area contributed by atoms with Crippen LogP contribution in [0.3, 0.4) is 0 Å². The van der Waals surface area contributed by atoms with Gasteiger partial charge in [-0.25, -0.2) is 19.3 Å². The summed E-state index contributed by atoms with van der Waals surface area (Å²) in [7, 11) is 0. The predicted octanol–water partition coefficient (Wildman–Crippen LogP) is 5.63. The standard InChI is InChI=1S/C56H70FN13O8S/c1-35(37-8-12-39(13-9-37)49-36(2)60-34-79-49)63-53(73)45-7-6-17-69(45)55(75)50(56(3,4)5)66-48(72)33-78-26-25-77-24-23-76-22-16-58-47(71)32-67-18-20-68(21-19-67)54(74)40-14-15-43(42(57)27-40)64-51-52-59-30-46(41-28-61-62-29-41)70(52)31-44(65-51)38-10-11-38/h8-9,12-15,27-31,34-35,38,45,50H,6-7,10-11,16-26,32-33H2,1-5H3,(H,58,71)(H,61,62)(H,63,73)(H,64,65)(H,66,72)/t35-,45-,50+/m0/s1. The number of likely N-dealkylation sites (tertiary alicyclic amines) is 1. The lowest BCUT2D eigenvalue weighted by Crippen LogP contribution is -2.58. The predicted molar refractivity (Wildman–Crippen MR) is 295 cm³/mol. The molecule has 79 heavy (non-hydrogen) atoms. The van der Waals surface area contributed by atoms with Crippen LogP contribution in [-0.4, -0.2) is 171 Å². The third-order valence-corrected chi connectivity index (χ3v) is 15.4. The van der Waals surface area contributed by atoms with E-state index in [4.69, 9.17) is 19.2 Å². The molecule has 3 atom stereocenters. The number of carbonyl (C=O) groups excluding carboxylic acids is 5. The van der Waals surface area contributed by atoms with Gasteiger partial charge < -0.3 is 45.3 Å². The van der Waals surface area contributed by atoms with Crippen LogP contribution in [0.25, 0.3) is 27.3 Å². The first-order valence-electron chi connectivity index (χ1n) is 27.0. The topological polar surface area (TPSA) is 243 Å². The van der Waals surface area contributed by atoms with Gasteiger partial charge in [-0.05, 0) is 74.3 Å².